The lowest BCUT2D eigenvalue weighted by atomic mass is 10.2. The van der Waals surface area contributed by atoms with Crippen molar-refractivity contribution < 1.29 is 9.50 Å². The van der Waals surface area contributed by atoms with E-state index in [0.717, 1.165) is 5.56 Å². The molecule has 0 amide bonds. The fourth-order valence-electron chi connectivity index (χ4n) is 1.79. The highest BCUT2D eigenvalue weighted by Gasteiger charge is 2.28. The highest BCUT2D eigenvalue weighted by Crippen LogP contribution is 2.29. The Morgan fingerprint density at radius 2 is 2.12 bits per heavy atom. The van der Waals surface area contributed by atoms with Gasteiger partial charge in [-0.2, -0.15) is 0 Å². The zero-order valence-corrected chi connectivity index (χ0v) is 11.1. The maximum atomic E-state index is 12.8. The Morgan fingerprint density at radius 1 is 1.47 bits per heavy atom. The molecule has 17 heavy (non-hydrogen) atoms. The Morgan fingerprint density at radius 3 is 2.71 bits per heavy atom. The molecular formula is C12H14FNOS2. The molecule has 1 aromatic rings. The molecule has 2 nitrogen and oxygen atoms in total. The number of hydrogen-bond acceptors (Lipinski definition) is 3. The van der Waals surface area contributed by atoms with Crippen LogP contribution in [0.15, 0.2) is 24.3 Å². The van der Waals surface area contributed by atoms with Crippen molar-refractivity contribution in [1.29, 1.82) is 0 Å². The van der Waals surface area contributed by atoms with Gasteiger partial charge in [-0.3, -0.25) is 0 Å². The normalized spacial score (nSPS) is 25.1. The first-order valence-corrected chi connectivity index (χ1v) is 6.75. The van der Waals surface area contributed by atoms with Crippen molar-refractivity contribution in [2.24, 2.45) is 0 Å². The zero-order chi connectivity index (χ0) is 12.4. The summed E-state index contributed by atoms with van der Waals surface area (Å²) < 4.78 is 13.5. The Balaban J connectivity index is 2.07. The van der Waals surface area contributed by atoms with Gasteiger partial charge in [0.05, 0.1) is 0 Å². The topological polar surface area (TPSA) is 23.5 Å². The molecule has 92 valence electrons. The van der Waals surface area contributed by atoms with E-state index in [4.69, 9.17) is 12.2 Å². The molecule has 2 rings (SSSR count). The molecule has 1 aliphatic heterocycles. The van der Waals surface area contributed by atoms with E-state index < -0.39 is 6.23 Å². The number of nitrogens with zero attached hydrogens (tertiary/aromatic N) is 1. The Hall–Kier alpha value is -0.650. The number of benzene rings is 1. The lowest BCUT2D eigenvalue weighted by Crippen LogP contribution is -2.43. The largest absolute Gasteiger partial charge is 0.374 e. The summed E-state index contributed by atoms with van der Waals surface area (Å²) in [6.07, 6.45) is 0.162. The summed E-state index contributed by atoms with van der Waals surface area (Å²) in [4.78, 5) is 1.78. The summed E-state index contributed by atoms with van der Waals surface area (Å²) in [6.45, 7) is 2.58. The highest BCUT2D eigenvalue weighted by atomic mass is 32.2. The zero-order valence-electron chi connectivity index (χ0n) is 9.47. The van der Waals surface area contributed by atoms with Gasteiger partial charge in [-0.15, -0.1) is 0 Å². The van der Waals surface area contributed by atoms with Gasteiger partial charge in [0.2, 0.25) is 0 Å². The maximum absolute atomic E-state index is 12.8. The number of hydrogen-bond donors (Lipinski definition) is 1. The predicted molar refractivity (Wildman–Crippen MR) is 72.2 cm³/mol. The molecule has 2 atom stereocenters. The van der Waals surface area contributed by atoms with Crippen LogP contribution in [0.3, 0.4) is 0 Å². The molecule has 1 saturated heterocycles. The smallest absolute Gasteiger partial charge is 0.138 e. The highest BCUT2D eigenvalue weighted by molar-refractivity contribution is 8.23. The van der Waals surface area contributed by atoms with Crippen LogP contribution in [0.5, 0.6) is 0 Å². The number of thioether (sulfide) groups is 1. The van der Waals surface area contributed by atoms with Crippen molar-refractivity contribution in [2.45, 2.75) is 31.4 Å². The summed E-state index contributed by atoms with van der Waals surface area (Å²) >= 11 is 6.86. The summed E-state index contributed by atoms with van der Waals surface area (Å²) in [6, 6.07) is 6.27. The maximum Gasteiger partial charge on any atom is 0.138 e. The van der Waals surface area contributed by atoms with Crippen molar-refractivity contribution in [1.82, 2.24) is 4.90 Å². The standard InChI is InChI=1S/C12H14FNOS2/c1-8-6-11(15)14(12(16)17-8)7-9-2-4-10(13)5-3-9/h2-5,8,11,15H,6-7H2,1H3. The Labute approximate surface area is 110 Å². The lowest BCUT2D eigenvalue weighted by molar-refractivity contribution is 0.0429. The van der Waals surface area contributed by atoms with Gasteiger partial charge in [0.15, 0.2) is 0 Å². The van der Waals surface area contributed by atoms with Gasteiger partial charge in [-0.1, -0.05) is 43.0 Å². The van der Waals surface area contributed by atoms with Crippen molar-refractivity contribution in [3.63, 3.8) is 0 Å². The first-order valence-electron chi connectivity index (χ1n) is 5.46. The number of halogens is 1. The molecule has 1 aliphatic rings. The van der Waals surface area contributed by atoms with Gasteiger partial charge < -0.3 is 10.0 Å². The molecule has 0 bridgehead atoms. The monoisotopic (exact) mass is 271 g/mol. The second-order valence-corrected chi connectivity index (χ2v) is 6.24. The van der Waals surface area contributed by atoms with E-state index in [1.165, 1.54) is 12.1 Å². The average molecular weight is 271 g/mol. The van der Waals surface area contributed by atoms with E-state index in [1.807, 2.05) is 0 Å². The molecule has 0 aromatic heterocycles. The molecular weight excluding hydrogens is 257 g/mol. The van der Waals surface area contributed by atoms with E-state index in [-0.39, 0.29) is 5.82 Å². The van der Waals surface area contributed by atoms with Crippen LogP contribution in [-0.4, -0.2) is 25.8 Å². The van der Waals surface area contributed by atoms with E-state index in [2.05, 4.69) is 6.92 Å². The minimum Gasteiger partial charge on any atom is -0.374 e. The third-order valence-electron chi connectivity index (χ3n) is 2.71. The molecule has 0 spiro atoms. The molecule has 0 saturated carbocycles. The second kappa shape index (κ2) is 5.33. The second-order valence-electron chi connectivity index (χ2n) is 4.17. The summed E-state index contributed by atoms with van der Waals surface area (Å²) in [5, 5.41) is 10.3. The van der Waals surface area contributed by atoms with Crippen LogP contribution in [0, 0.1) is 5.82 Å². The fourth-order valence-corrected chi connectivity index (χ4v) is 3.40. The van der Waals surface area contributed by atoms with E-state index in [9.17, 15) is 9.50 Å². The SMILES string of the molecule is CC1CC(O)N(Cc2ccc(F)cc2)C(=S)S1. The van der Waals surface area contributed by atoms with Gasteiger partial charge in [-0.05, 0) is 17.7 Å². The van der Waals surface area contributed by atoms with Crippen LogP contribution >= 0.6 is 24.0 Å². The van der Waals surface area contributed by atoms with Crippen LogP contribution in [0.4, 0.5) is 4.39 Å². The molecule has 2 unspecified atom stereocenters. The van der Waals surface area contributed by atoms with Crippen LogP contribution in [-0.2, 0) is 6.54 Å². The van der Waals surface area contributed by atoms with Gasteiger partial charge in [0.1, 0.15) is 16.4 Å². The predicted octanol–water partition coefficient (Wildman–Crippen LogP) is 2.76. The first-order chi connectivity index (χ1) is 8.06. The van der Waals surface area contributed by atoms with Gasteiger partial charge >= 0.3 is 0 Å². The average Bonchev–Trinajstić information content (AvgIpc) is 2.26. The Bertz CT molecular complexity index is 409. The van der Waals surface area contributed by atoms with E-state index in [1.54, 1.807) is 28.8 Å². The lowest BCUT2D eigenvalue weighted by Gasteiger charge is -2.36. The third kappa shape index (κ3) is 3.18. The molecule has 1 N–H and O–H groups in total. The number of aliphatic hydroxyl groups excluding tert-OH is 1. The van der Waals surface area contributed by atoms with Crippen LogP contribution in [0.1, 0.15) is 18.9 Å². The Kier molecular flexibility index (Phi) is 4.01. The fraction of sp³-hybridized carbons (Fsp3) is 0.417. The summed E-state index contributed by atoms with van der Waals surface area (Å²) in [5.41, 5.74) is 0.947. The molecule has 0 aliphatic carbocycles. The minimum absolute atomic E-state index is 0.251. The van der Waals surface area contributed by atoms with Crippen molar-refractivity contribution in [3.05, 3.63) is 35.6 Å². The molecule has 0 radical (unpaired) electrons. The van der Waals surface area contributed by atoms with Crippen LogP contribution < -0.4 is 0 Å². The first kappa shape index (κ1) is 12.8. The minimum atomic E-state index is -0.538. The molecule has 1 aromatic carbocycles. The molecule has 1 fully saturated rings. The third-order valence-corrected chi connectivity index (χ3v) is 4.26. The number of rotatable bonds is 2. The van der Waals surface area contributed by atoms with Gasteiger partial charge in [0, 0.05) is 18.2 Å². The summed E-state index contributed by atoms with van der Waals surface area (Å²) in [7, 11) is 0. The van der Waals surface area contributed by atoms with Crippen LogP contribution in [0.2, 0.25) is 0 Å². The number of thiocarbonyl (C=S) groups is 1. The van der Waals surface area contributed by atoms with Crippen LogP contribution in [0.25, 0.3) is 0 Å². The van der Waals surface area contributed by atoms with E-state index in [0.29, 0.717) is 22.5 Å². The molecule has 5 heteroatoms. The van der Waals surface area contributed by atoms with Crippen molar-refractivity contribution in [2.75, 3.05) is 0 Å². The van der Waals surface area contributed by atoms with Gasteiger partial charge in [-0.25, -0.2) is 4.39 Å². The van der Waals surface area contributed by atoms with Crippen molar-refractivity contribution in [3.8, 4) is 0 Å². The molecule has 1 heterocycles. The van der Waals surface area contributed by atoms with E-state index >= 15 is 0 Å². The van der Waals surface area contributed by atoms with Crippen molar-refractivity contribution >= 4 is 28.3 Å². The van der Waals surface area contributed by atoms with Gasteiger partial charge in [0.25, 0.3) is 0 Å². The number of aliphatic hydroxyl groups is 1. The summed E-state index contributed by atoms with van der Waals surface area (Å²) in [5.74, 6) is -0.251. The quantitative estimate of drug-likeness (QED) is 0.836.